The van der Waals surface area contributed by atoms with Crippen LogP contribution in [0.2, 0.25) is 0 Å². The van der Waals surface area contributed by atoms with Crippen molar-refractivity contribution in [3.05, 3.63) is 24.3 Å². The van der Waals surface area contributed by atoms with Crippen molar-refractivity contribution in [3.63, 3.8) is 0 Å². The Hall–Kier alpha value is -1.66. The first-order valence-electron chi connectivity index (χ1n) is 27.6. The van der Waals surface area contributed by atoms with E-state index < -0.39 is 12.1 Å². The zero-order valence-electron chi connectivity index (χ0n) is 41.6. The summed E-state index contributed by atoms with van der Waals surface area (Å²) >= 11 is 0. The minimum absolute atomic E-state index is 0.00206. The highest BCUT2D eigenvalue weighted by Gasteiger charge is 2.20. The van der Waals surface area contributed by atoms with Crippen molar-refractivity contribution < 1.29 is 24.5 Å². The Bertz CT molecular complexity index is 966. The summed E-state index contributed by atoms with van der Waals surface area (Å²) in [5, 5.41) is 23.2. The van der Waals surface area contributed by atoms with Crippen LogP contribution < -0.4 is 5.32 Å². The number of carbonyl (C=O) groups is 2. The zero-order valence-corrected chi connectivity index (χ0v) is 41.6. The maximum absolute atomic E-state index is 12.4. The maximum Gasteiger partial charge on any atom is 0.305 e. The monoisotopic (exact) mass is 874 g/mol. The van der Waals surface area contributed by atoms with Crippen LogP contribution in [0.3, 0.4) is 0 Å². The molecule has 3 N–H and O–H groups in total. The minimum atomic E-state index is -0.667. The van der Waals surface area contributed by atoms with E-state index in [1.54, 1.807) is 0 Å². The Morgan fingerprint density at radius 1 is 0.435 bits per heavy atom. The highest BCUT2D eigenvalue weighted by molar-refractivity contribution is 5.76. The molecule has 1 amide bonds. The van der Waals surface area contributed by atoms with E-state index in [9.17, 15) is 19.8 Å². The van der Waals surface area contributed by atoms with Crippen molar-refractivity contribution in [1.82, 2.24) is 5.32 Å². The standard InChI is InChI=1S/C56H107NO5/c1-3-5-7-9-11-13-15-28-32-36-40-44-48-54(59)53(52-58)57-55(60)49-45-41-37-33-29-26-24-22-20-18-17-19-21-23-25-27-31-35-39-43-47-51-62-56(61)50-46-42-38-34-30-16-14-12-10-8-6-4-2/h12,14,18,20,53-54,58-59H,3-11,13,15-17,19,21-52H2,1-2H3,(H,57,60)/b14-12-,20-18-. The molecular weight excluding hydrogens is 767 g/mol. The Balaban J connectivity index is 3.42. The van der Waals surface area contributed by atoms with Crippen LogP contribution >= 0.6 is 0 Å². The summed E-state index contributed by atoms with van der Waals surface area (Å²) in [7, 11) is 0. The van der Waals surface area contributed by atoms with Crippen LogP contribution in [0.15, 0.2) is 24.3 Å². The second-order valence-corrected chi connectivity index (χ2v) is 18.9. The average molecular weight is 874 g/mol. The molecule has 0 radical (unpaired) electrons. The SMILES string of the molecule is CCCCC/C=C\CCCCCCCC(=O)OCCCCCCCCCCCC/C=C\CCCCCCCCCC(=O)NC(CO)C(O)CCCCCCCCCCCCCC. The summed E-state index contributed by atoms with van der Waals surface area (Å²) in [5.74, 6) is -0.0453. The van der Waals surface area contributed by atoms with Gasteiger partial charge in [-0.2, -0.15) is 0 Å². The lowest BCUT2D eigenvalue weighted by molar-refractivity contribution is -0.143. The van der Waals surface area contributed by atoms with Crippen molar-refractivity contribution in [2.24, 2.45) is 0 Å². The van der Waals surface area contributed by atoms with Crippen molar-refractivity contribution in [2.75, 3.05) is 13.2 Å². The Morgan fingerprint density at radius 2 is 0.758 bits per heavy atom. The number of aliphatic hydroxyl groups excluding tert-OH is 2. The number of unbranched alkanes of at least 4 members (excludes halogenated alkanes) is 36. The molecule has 2 unspecified atom stereocenters. The number of aliphatic hydroxyl groups is 2. The lowest BCUT2D eigenvalue weighted by Crippen LogP contribution is -2.45. The fraction of sp³-hybridized carbons (Fsp3) is 0.893. The number of carbonyl (C=O) groups excluding carboxylic acids is 2. The van der Waals surface area contributed by atoms with Crippen molar-refractivity contribution in [1.29, 1.82) is 0 Å². The van der Waals surface area contributed by atoms with E-state index in [0.717, 1.165) is 44.9 Å². The van der Waals surface area contributed by atoms with Gasteiger partial charge in [-0.1, -0.05) is 231 Å². The predicted octanol–water partition coefficient (Wildman–Crippen LogP) is 16.7. The van der Waals surface area contributed by atoms with Gasteiger partial charge in [0.15, 0.2) is 0 Å². The van der Waals surface area contributed by atoms with E-state index in [1.165, 1.54) is 218 Å². The highest BCUT2D eigenvalue weighted by Crippen LogP contribution is 2.16. The number of nitrogens with one attached hydrogen (secondary N) is 1. The number of ether oxygens (including phenoxy) is 1. The third kappa shape index (κ3) is 47.8. The summed E-state index contributed by atoms with van der Waals surface area (Å²) in [4.78, 5) is 24.4. The molecule has 0 aromatic carbocycles. The Morgan fingerprint density at radius 3 is 1.18 bits per heavy atom. The van der Waals surface area contributed by atoms with Gasteiger partial charge >= 0.3 is 5.97 Å². The normalized spacial score (nSPS) is 12.8. The highest BCUT2D eigenvalue weighted by atomic mass is 16.5. The van der Waals surface area contributed by atoms with E-state index in [2.05, 4.69) is 43.5 Å². The van der Waals surface area contributed by atoms with Gasteiger partial charge in [0.2, 0.25) is 5.91 Å². The quantitative estimate of drug-likeness (QED) is 0.0321. The molecule has 6 nitrogen and oxygen atoms in total. The van der Waals surface area contributed by atoms with Crippen molar-refractivity contribution in [3.8, 4) is 0 Å². The second kappa shape index (κ2) is 52.0. The fourth-order valence-electron chi connectivity index (χ4n) is 8.45. The van der Waals surface area contributed by atoms with Gasteiger partial charge in [-0.3, -0.25) is 9.59 Å². The zero-order chi connectivity index (χ0) is 45.1. The molecule has 0 rings (SSSR count). The van der Waals surface area contributed by atoms with Gasteiger partial charge in [-0.05, 0) is 77.0 Å². The average Bonchev–Trinajstić information content (AvgIpc) is 3.27. The largest absolute Gasteiger partial charge is 0.466 e. The third-order valence-corrected chi connectivity index (χ3v) is 12.7. The molecule has 0 saturated heterocycles. The molecule has 0 aliphatic heterocycles. The van der Waals surface area contributed by atoms with Gasteiger partial charge < -0.3 is 20.3 Å². The lowest BCUT2D eigenvalue weighted by Gasteiger charge is -2.22. The van der Waals surface area contributed by atoms with E-state index in [1.807, 2.05) is 0 Å². The molecule has 0 heterocycles. The van der Waals surface area contributed by atoms with Crippen LogP contribution in [-0.4, -0.2) is 47.4 Å². The van der Waals surface area contributed by atoms with Crippen LogP contribution in [0.5, 0.6) is 0 Å². The number of hydrogen-bond donors (Lipinski definition) is 3. The molecule has 2 atom stereocenters. The smallest absolute Gasteiger partial charge is 0.305 e. The number of allylic oxidation sites excluding steroid dienone is 4. The summed E-state index contributed by atoms with van der Waals surface area (Å²) in [6.45, 7) is 4.92. The van der Waals surface area contributed by atoms with Crippen LogP contribution in [0, 0.1) is 0 Å². The molecule has 0 aromatic heterocycles. The van der Waals surface area contributed by atoms with Crippen LogP contribution in [-0.2, 0) is 14.3 Å². The molecular formula is C56H107NO5. The minimum Gasteiger partial charge on any atom is -0.466 e. The van der Waals surface area contributed by atoms with Gasteiger partial charge in [0, 0.05) is 12.8 Å². The third-order valence-electron chi connectivity index (χ3n) is 12.7. The van der Waals surface area contributed by atoms with Gasteiger partial charge in [0.25, 0.3) is 0 Å². The van der Waals surface area contributed by atoms with Crippen molar-refractivity contribution >= 4 is 11.9 Å². The van der Waals surface area contributed by atoms with Crippen LogP contribution in [0.4, 0.5) is 0 Å². The first-order valence-corrected chi connectivity index (χ1v) is 27.6. The number of hydrogen-bond acceptors (Lipinski definition) is 5. The van der Waals surface area contributed by atoms with Crippen LogP contribution in [0.25, 0.3) is 0 Å². The Labute approximate surface area is 386 Å². The number of rotatable bonds is 51. The fourth-order valence-corrected chi connectivity index (χ4v) is 8.45. The molecule has 366 valence electrons. The van der Waals surface area contributed by atoms with E-state index >= 15 is 0 Å². The summed E-state index contributed by atoms with van der Waals surface area (Å²) in [5.41, 5.74) is 0. The van der Waals surface area contributed by atoms with E-state index in [-0.39, 0.29) is 18.5 Å². The molecule has 0 aliphatic carbocycles. The summed E-state index contributed by atoms with van der Waals surface area (Å²) in [6, 6.07) is -0.546. The lowest BCUT2D eigenvalue weighted by atomic mass is 10.0. The Kier molecular flexibility index (Phi) is 50.6. The maximum atomic E-state index is 12.4. The topological polar surface area (TPSA) is 95.9 Å². The second-order valence-electron chi connectivity index (χ2n) is 18.9. The van der Waals surface area contributed by atoms with Gasteiger partial charge in [-0.25, -0.2) is 0 Å². The molecule has 62 heavy (non-hydrogen) atoms. The van der Waals surface area contributed by atoms with Crippen molar-refractivity contribution in [2.45, 2.75) is 309 Å². The van der Waals surface area contributed by atoms with Gasteiger partial charge in [-0.15, -0.1) is 0 Å². The molecule has 0 bridgehead atoms. The number of esters is 1. The molecule has 0 aliphatic rings. The van der Waals surface area contributed by atoms with E-state index in [0.29, 0.717) is 25.9 Å². The molecule has 0 saturated carbocycles. The van der Waals surface area contributed by atoms with E-state index in [4.69, 9.17) is 4.74 Å². The van der Waals surface area contributed by atoms with Gasteiger partial charge in [0.05, 0.1) is 25.4 Å². The van der Waals surface area contributed by atoms with Crippen LogP contribution in [0.1, 0.15) is 296 Å². The molecule has 0 aromatic rings. The molecule has 0 fully saturated rings. The summed E-state index contributed by atoms with van der Waals surface area (Å²) < 4.78 is 5.45. The number of amides is 1. The summed E-state index contributed by atoms with van der Waals surface area (Å²) in [6.07, 6.45) is 61.6. The molecule has 6 heteroatoms. The first-order chi connectivity index (χ1) is 30.5. The first kappa shape index (κ1) is 60.3. The molecule has 0 spiro atoms. The predicted molar refractivity (Wildman–Crippen MR) is 269 cm³/mol. The van der Waals surface area contributed by atoms with Gasteiger partial charge in [0.1, 0.15) is 0 Å².